The fraction of sp³-hybridized carbons (Fsp3) is 0.333. The average molecular weight is 183 g/mol. The van der Waals surface area contributed by atoms with Crippen molar-refractivity contribution >= 4 is 0 Å². The van der Waals surface area contributed by atoms with Crippen molar-refractivity contribution in [3.8, 4) is 11.5 Å². The molecule has 2 rings (SSSR count). The topological polar surface area (TPSA) is 66.5 Å². The van der Waals surface area contributed by atoms with Crippen LogP contribution in [0.1, 0.15) is 18.4 Å². The average Bonchev–Trinajstić information content (AvgIpc) is 2.80. The molecule has 0 unspecified atom stereocenters. The quantitative estimate of drug-likeness (QED) is 0.573. The maximum atomic E-state index is 12.9. The number of nitrogens with two attached hydrogens (primary N) is 1. The molecule has 3 nitrogen and oxygen atoms in total. The lowest BCUT2D eigenvalue weighted by Gasteiger charge is -2.10. The molecule has 70 valence electrons. The zero-order valence-corrected chi connectivity index (χ0v) is 6.92. The van der Waals surface area contributed by atoms with Gasteiger partial charge in [0, 0.05) is 5.54 Å². The molecule has 1 aliphatic rings. The van der Waals surface area contributed by atoms with E-state index in [1.165, 1.54) is 12.1 Å². The van der Waals surface area contributed by atoms with E-state index in [2.05, 4.69) is 0 Å². The largest absolute Gasteiger partial charge is 0.504 e. The van der Waals surface area contributed by atoms with Crippen molar-refractivity contribution in [2.75, 3.05) is 0 Å². The van der Waals surface area contributed by atoms with Crippen LogP contribution < -0.4 is 5.73 Å². The van der Waals surface area contributed by atoms with Crippen LogP contribution in [0.3, 0.4) is 0 Å². The van der Waals surface area contributed by atoms with Crippen molar-refractivity contribution in [3.63, 3.8) is 0 Å². The summed E-state index contributed by atoms with van der Waals surface area (Å²) in [4.78, 5) is 0. The predicted molar refractivity (Wildman–Crippen MR) is 44.8 cm³/mol. The van der Waals surface area contributed by atoms with Gasteiger partial charge in [-0.05, 0) is 30.5 Å². The van der Waals surface area contributed by atoms with Crippen LogP contribution in [0.5, 0.6) is 11.5 Å². The Morgan fingerprint density at radius 3 is 2.38 bits per heavy atom. The molecule has 4 N–H and O–H groups in total. The summed E-state index contributed by atoms with van der Waals surface area (Å²) in [6.45, 7) is 0. The third-order valence-electron chi connectivity index (χ3n) is 2.41. The molecule has 13 heavy (non-hydrogen) atoms. The number of halogens is 1. The van der Waals surface area contributed by atoms with Crippen LogP contribution in [0.2, 0.25) is 0 Å². The van der Waals surface area contributed by atoms with Crippen molar-refractivity contribution in [1.29, 1.82) is 0 Å². The molecule has 4 heteroatoms. The lowest BCUT2D eigenvalue weighted by molar-refractivity contribution is 0.377. The summed E-state index contributed by atoms with van der Waals surface area (Å²) < 4.78 is 12.9. The highest BCUT2D eigenvalue weighted by Gasteiger charge is 2.40. The first kappa shape index (κ1) is 8.31. The number of benzene rings is 1. The third kappa shape index (κ3) is 1.23. The molecule has 0 spiro atoms. The summed E-state index contributed by atoms with van der Waals surface area (Å²) in [5, 5.41) is 18.1. The first-order valence-electron chi connectivity index (χ1n) is 4.04. The van der Waals surface area contributed by atoms with Crippen LogP contribution in [-0.2, 0) is 5.54 Å². The van der Waals surface area contributed by atoms with Crippen LogP contribution >= 0.6 is 0 Å². The Hall–Kier alpha value is -1.29. The van der Waals surface area contributed by atoms with Gasteiger partial charge in [0.1, 0.15) is 0 Å². The van der Waals surface area contributed by atoms with Gasteiger partial charge in [0.25, 0.3) is 0 Å². The Kier molecular flexibility index (Phi) is 1.51. The standard InChI is InChI=1S/C9H10FNO2/c10-6-3-5(9(11)1-2-9)4-7(12)8(6)13/h3-4,12-13H,1-2,11H2. The fourth-order valence-electron chi connectivity index (χ4n) is 1.30. The Labute approximate surface area is 74.6 Å². The number of hydrogen-bond donors (Lipinski definition) is 3. The number of aromatic hydroxyl groups is 2. The van der Waals surface area contributed by atoms with E-state index < -0.39 is 22.9 Å². The highest BCUT2D eigenvalue weighted by Crippen LogP contribution is 2.45. The summed E-state index contributed by atoms with van der Waals surface area (Å²) in [6, 6.07) is 2.48. The monoisotopic (exact) mass is 183 g/mol. The summed E-state index contributed by atoms with van der Waals surface area (Å²) >= 11 is 0. The lowest BCUT2D eigenvalue weighted by Crippen LogP contribution is -2.18. The lowest BCUT2D eigenvalue weighted by atomic mass is 10.1. The van der Waals surface area contributed by atoms with Gasteiger partial charge < -0.3 is 15.9 Å². The zero-order valence-electron chi connectivity index (χ0n) is 6.92. The molecule has 0 bridgehead atoms. The first-order valence-corrected chi connectivity index (χ1v) is 4.04. The van der Waals surface area contributed by atoms with E-state index >= 15 is 0 Å². The normalized spacial score (nSPS) is 18.6. The predicted octanol–water partition coefficient (Wildman–Crippen LogP) is 1.18. The molecule has 1 saturated carbocycles. The molecule has 1 aromatic rings. The summed E-state index contributed by atoms with van der Waals surface area (Å²) in [6.07, 6.45) is 1.58. The Morgan fingerprint density at radius 2 is 1.92 bits per heavy atom. The molecule has 0 saturated heterocycles. The smallest absolute Gasteiger partial charge is 0.194 e. The van der Waals surface area contributed by atoms with Gasteiger partial charge in [0.2, 0.25) is 0 Å². The van der Waals surface area contributed by atoms with Crippen molar-refractivity contribution < 1.29 is 14.6 Å². The minimum absolute atomic E-state index is 0.452. The highest BCUT2D eigenvalue weighted by atomic mass is 19.1. The number of phenolic OH excluding ortho intramolecular Hbond substituents is 2. The second-order valence-corrected chi connectivity index (χ2v) is 3.48. The molecule has 0 atom stereocenters. The summed E-state index contributed by atoms with van der Waals surface area (Å²) in [5.74, 6) is -1.99. The van der Waals surface area contributed by atoms with Gasteiger partial charge >= 0.3 is 0 Å². The molecule has 0 aliphatic heterocycles. The Balaban J connectivity index is 2.50. The minimum atomic E-state index is -0.827. The van der Waals surface area contributed by atoms with Crippen LogP contribution in [-0.4, -0.2) is 10.2 Å². The van der Waals surface area contributed by atoms with E-state index in [1.54, 1.807) is 0 Å². The summed E-state index contributed by atoms with van der Waals surface area (Å²) in [5.41, 5.74) is 5.84. The molecular weight excluding hydrogens is 173 g/mol. The van der Waals surface area contributed by atoms with Crippen molar-refractivity contribution in [3.05, 3.63) is 23.5 Å². The highest BCUT2D eigenvalue weighted by molar-refractivity contribution is 5.45. The SMILES string of the molecule is NC1(c2cc(O)c(O)c(F)c2)CC1. The van der Waals surface area contributed by atoms with E-state index in [-0.39, 0.29) is 0 Å². The molecule has 1 aliphatic carbocycles. The molecule has 0 heterocycles. The summed E-state index contributed by atoms with van der Waals surface area (Å²) in [7, 11) is 0. The third-order valence-corrected chi connectivity index (χ3v) is 2.41. The number of rotatable bonds is 1. The van der Waals surface area contributed by atoms with Crippen LogP contribution in [0, 0.1) is 5.82 Å². The Morgan fingerprint density at radius 1 is 1.31 bits per heavy atom. The van der Waals surface area contributed by atoms with Gasteiger partial charge in [0.05, 0.1) is 0 Å². The van der Waals surface area contributed by atoms with Gasteiger partial charge in [-0.3, -0.25) is 0 Å². The molecule has 0 radical (unpaired) electrons. The van der Waals surface area contributed by atoms with Crippen LogP contribution in [0.4, 0.5) is 4.39 Å². The fourth-order valence-corrected chi connectivity index (χ4v) is 1.30. The van der Waals surface area contributed by atoms with Gasteiger partial charge in [-0.15, -0.1) is 0 Å². The van der Waals surface area contributed by atoms with Crippen LogP contribution in [0.25, 0.3) is 0 Å². The van der Waals surface area contributed by atoms with Crippen molar-refractivity contribution in [2.24, 2.45) is 5.73 Å². The molecule has 1 fully saturated rings. The van der Waals surface area contributed by atoms with E-state index in [9.17, 15) is 4.39 Å². The van der Waals surface area contributed by atoms with Gasteiger partial charge in [-0.2, -0.15) is 0 Å². The van der Waals surface area contributed by atoms with Crippen LogP contribution in [0.15, 0.2) is 12.1 Å². The minimum Gasteiger partial charge on any atom is -0.504 e. The van der Waals surface area contributed by atoms with Crippen molar-refractivity contribution in [1.82, 2.24) is 0 Å². The molecule has 0 amide bonds. The zero-order chi connectivity index (χ0) is 9.64. The Bertz CT molecular complexity index is 338. The van der Waals surface area contributed by atoms with E-state index in [0.29, 0.717) is 5.56 Å². The van der Waals surface area contributed by atoms with E-state index in [1.807, 2.05) is 0 Å². The first-order chi connectivity index (χ1) is 6.03. The molecular formula is C9H10FNO2. The maximum absolute atomic E-state index is 12.9. The number of phenols is 2. The maximum Gasteiger partial charge on any atom is 0.194 e. The number of hydrogen-bond acceptors (Lipinski definition) is 3. The van der Waals surface area contributed by atoms with Gasteiger partial charge in [-0.1, -0.05) is 0 Å². The van der Waals surface area contributed by atoms with Crippen molar-refractivity contribution in [2.45, 2.75) is 18.4 Å². The second-order valence-electron chi connectivity index (χ2n) is 3.48. The molecule has 0 aromatic heterocycles. The van der Waals surface area contributed by atoms with Gasteiger partial charge in [0.15, 0.2) is 17.3 Å². The van der Waals surface area contributed by atoms with Gasteiger partial charge in [-0.25, -0.2) is 4.39 Å². The second kappa shape index (κ2) is 2.35. The van der Waals surface area contributed by atoms with E-state index in [0.717, 1.165) is 12.8 Å². The molecule has 1 aromatic carbocycles. The van der Waals surface area contributed by atoms with E-state index in [4.69, 9.17) is 15.9 Å².